The second-order valence-corrected chi connectivity index (χ2v) is 6.09. The summed E-state index contributed by atoms with van der Waals surface area (Å²) in [6.45, 7) is 0. The summed E-state index contributed by atoms with van der Waals surface area (Å²) in [5, 5.41) is 2.49. The highest BCUT2D eigenvalue weighted by atomic mass is 16.3. The number of fused-ring (bicyclic) bond motifs is 2. The van der Waals surface area contributed by atoms with Crippen LogP contribution in [0.5, 0.6) is 0 Å². The molecule has 0 amide bonds. The molecule has 0 spiro atoms. The number of para-hydroxylation sites is 2. The topological polar surface area (TPSA) is 26.0 Å². The van der Waals surface area contributed by atoms with Crippen LogP contribution < -0.4 is 0 Å². The largest absolute Gasteiger partial charge is 0.436 e. The lowest BCUT2D eigenvalue weighted by Gasteiger charge is -2.08. The van der Waals surface area contributed by atoms with Gasteiger partial charge >= 0.3 is 0 Å². The number of nitrogens with zero attached hydrogens (tertiary/aromatic N) is 1. The van der Waals surface area contributed by atoms with Crippen LogP contribution in [0.1, 0.15) is 0 Å². The van der Waals surface area contributed by atoms with Gasteiger partial charge in [-0.25, -0.2) is 4.98 Å². The van der Waals surface area contributed by atoms with E-state index in [1.165, 1.54) is 16.3 Å². The molecule has 0 saturated heterocycles. The molecule has 0 radical (unpaired) electrons. The van der Waals surface area contributed by atoms with Gasteiger partial charge in [-0.15, -0.1) is 0 Å². The summed E-state index contributed by atoms with van der Waals surface area (Å²) in [4.78, 5) is 4.61. The minimum absolute atomic E-state index is 0.656. The molecule has 5 rings (SSSR count). The van der Waals surface area contributed by atoms with E-state index in [0.717, 1.165) is 22.2 Å². The molecule has 118 valence electrons. The summed E-state index contributed by atoms with van der Waals surface area (Å²) in [7, 11) is 0. The number of rotatable bonds is 2. The van der Waals surface area contributed by atoms with Crippen molar-refractivity contribution in [2.24, 2.45) is 0 Å². The Morgan fingerprint density at radius 2 is 1.40 bits per heavy atom. The summed E-state index contributed by atoms with van der Waals surface area (Å²) in [5.74, 6) is 0.656. The second kappa shape index (κ2) is 5.60. The van der Waals surface area contributed by atoms with Crippen molar-refractivity contribution in [2.75, 3.05) is 0 Å². The number of aromatic nitrogens is 1. The van der Waals surface area contributed by atoms with Crippen LogP contribution in [0.2, 0.25) is 0 Å². The lowest BCUT2D eigenvalue weighted by atomic mass is 9.97. The third-order valence-electron chi connectivity index (χ3n) is 4.50. The van der Waals surface area contributed by atoms with Gasteiger partial charge in [0.05, 0.1) is 0 Å². The maximum Gasteiger partial charge on any atom is 0.227 e. The lowest BCUT2D eigenvalue weighted by molar-refractivity contribution is 0.620. The van der Waals surface area contributed by atoms with Crippen molar-refractivity contribution >= 4 is 21.9 Å². The fraction of sp³-hybridized carbons (Fsp3) is 0. The Balaban J connectivity index is 1.67. The van der Waals surface area contributed by atoms with Crippen LogP contribution >= 0.6 is 0 Å². The highest BCUT2D eigenvalue weighted by Crippen LogP contribution is 2.32. The molecule has 1 heterocycles. The molecule has 0 saturated carbocycles. The monoisotopic (exact) mass is 321 g/mol. The van der Waals surface area contributed by atoms with Gasteiger partial charge in [0.2, 0.25) is 5.89 Å². The van der Waals surface area contributed by atoms with Crippen molar-refractivity contribution in [1.82, 2.24) is 4.98 Å². The molecule has 0 bridgehead atoms. The molecule has 0 unspecified atom stereocenters. The fourth-order valence-electron chi connectivity index (χ4n) is 3.29. The van der Waals surface area contributed by atoms with E-state index in [9.17, 15) is 0 Å². The molecule has 5 aromatic rings. The van der Waals surface area contributed by atoms with Gasteiger partial charge in [-0.2, -0.15) is 0 Å². The van der Waals surface area contributed by atoms with E-state index in [-0.39, 0.29) is 0 Å². The number of hydrogen-bond acceptors (Lipinski definition) is 2. The molecule has 25 heavy (non-hydrogen) atoms. The molecule has 0 atom stereocenters. The molecule has 0 fully saturated rings. The maximum atomic E-state index is 5.92. The molecule has 2 heteroatoms. The van der Waals surface area contributed by atoms with Gasteiger partial charge in [-0.1, -0.05) is 66.7 Å². The van der Waals surface area contributed by atoms with Gasteiger partial charge in [0.25, 0.3) is 0 Å². The van der Waals surface area contributed by atoms with Crippen molar-refractivity contribution in [3.8, 4) is 22.6 Å². The predicted molar refractivity (Wildman–Crippen MR) is 102 cm³/mol. The van der Waals surface area contributed by atoms with Crippen LogP contribution in [0.15, 0.2) is 95.4 Å². The third-order valence-corrected chi connectivity index (χ3v) is 4.50. The zero-order chi connectivity index (χ0) is 16.6. The Bertz CT molecular complexity index is 1160. The van der Waals surface area contributed by atoms with Crippen molar-refractivity contribution in [2.45, 2.75) is 0 Å². The summed E-state index contributed by atoms with van der Waals surface area (Å²) < 4.78 is 5.92. The van der Waals surface area contributed by atoms with E-state index in [0.29, 0.717) is 5.89 Å². The average molecular weight is 321 g/mol. The van der Waals surface area contributed by atoms with Gasteiger partial charge in [0, 0.05) is 5.56 Å². The Morgan fingerprint density at radius 3 is 2.36 bits per heavy atom. The SMILES string of the molecule is c1cc(-c2nc3ccccc3o2)cc(-c2cccc3ccccc23)c1. The molecule has 4 aromatic carbocycles. The van der Waals surface area contributed by atoms with Crippen LogP contribution in [0.3, 0.4) is 0 Å². The van der Waals surface area contributed by atoms with Crippen LogP contribution in [0.25, 0.3) is 44.5 Å². The van der Waals surface area contributed by atoms with E-state index < -0.39 is 0 Å². The van der Waals surface area contributed by atoms with Crippen molar-refractivity contribution in [3.63, 3.8) is 0 Å². The first-order chi connectivity index (χ1) is 12.4. The molecule has 0 aliphatic carbocycles. The van der Waals surface area contributed by atoms with E-state index in [4.69, 9.17) is 4.42 Å². The zero-order valence-electron chi connectivity index (χ0n) is 13.5. The normalized spacial score (nSPS) is 11.2. The highest BCUT2D eigenvalue weighted by Gasteiger charge is 2.10. The smallest absolute Gasteiger partial charge is 0.227 e. The molecular weight excluding hydrogens is 306 g/mol. The third kappa shape index (κ3) is 2.39. The van der Waals surface area contributed by atoms with Crippen LogP contribution in [-0.2, 0) is 0 Å². The number of hydrogen-bond donors (Lipinski definition) is 0. The molecular formula is C23H15NO. The van der Waals surface area contributed by atoms with Crippen LogP contribution in [-0.4, -0.2) is 4.98 Å². The molecule has 1 aromatic heterocycles. The van der Waals surface area contributed by atoms with Crippen molar-refractivity contribution < 1.29 is 4.42 Å². The van der Waals surface area contributed by atoms with Crippen LogP contribution in [0, 0.1) is 0 Å². The average Bonchev–Trinajstić information content (AvgIpc) is 3.12. The van der Waals surface area contributed by atoms with Gasteiger partial charge in [-0.05, 0) is 46.2 Å². The predicted octanol–water partition coefficient (Wildman–Crippen LogP) is 6.32. The standard InChI is InChI=1S/C23H15NO/c1-2-11-19-16(7-1)8-6-12-20(19)17-9-5-10-18(15-17)23-24-21-13-3-4-14-22(21)25-23/h1-15H. The first kappa shape index (κ1) is 14.0. The number of benzene rings is 4. The maximum absolute atomic E-state index is 5.92. The molecule has 0 aliphatic rings. The first-order valence-electron chi connectivity index (χ1n) is 8.33. The zero-order valence-corrected chi connectivity index (χ0v) is 13.5. The highest BCUT2D eigenvalue weighted by molar-refractivity contribution is 5.97. The van der Waals surface area contributed by atoms with Gasteiger partial charge < -0.3 is 4.42 Å². The summed E-state index contributed by atoms with van der Waals surface area (Å²) in [6, 6.07) is 31.1. The van der Waals surface area contributed by atoms with E-state index in [1.807, 2.05) is 30.3 Å². The van der Waals surface area contributed by atoms with Crippen molar-refractivity contribution in [1.29, 1.82) is 0 Å². The fourth-order valence-corrected chi connectivity index (χ4v) is 3.29. The molecule has 0 aliphatic heterocycles. The Morgan fingerprint density at radius 1 is 0.640 bits per heavy atom. The summed E-state index contributed by atoms with van der Waals surface area (Å²) in [5.41, 5.74) is 5.07. The van der Waals surface area contributed by atoms with E-state index >= 15 is 0 Å². The Labute approximate surface area is 145 Å². The van der Waals surface area contributed by atoms with E-state index in [1.54, 1.807) is 0 Å². The summed E-state index contributed by atoms with van der Waals surface area (Å²) >= 11 is 0. The molecule has 2 nitrogen and oxygen atoms in total. The summed E-state index contributed by atoms with van der Waals surface area (Å²) in [6.07, 6.45) is 0. The minimum atomic E-state index is 0.656. The molecule has 0 N–H and O–H groups in total. The Kier molecular flexibility index (Phi) is 3.14. The van der Waals surface area contributed by atoms with Gasteiger partial charge in [-0.3, -0.25) is 0 Å². The minimum Gasteiger partial charge on any atom is -0.436 e. The van der Waals surface area contributed by atoms with Gasteiger partial charge in [0.1, 0.15) is 5.52 Å². The lowest BCUT2D eigenvalue weighted by Crippen LogP contribution is -1.83. The van der Waals surface area contributed by atoms with Crippen molar-refractivity contribution in [3.05, 3.63) is 91.0 Å². The quantitative estimate of drug-likeness (QED) is 0.380. The first-order valence-corrected chi connectivity index (χ1v) is 8.33. The van der Waals surface area contributed by atoms with E-state index in [2.05, 4.69) is 65.6 Å². The Hall–Kier alpha value is -3.39. The second-order valence-electron chi connectivity index (χ2n) is 6.09. The number of oxazole rings is 1. The van der Waals surface area contributed by atoms with Crippen LogP contribution in [0.4, 0.5) is 0 Å². The van der Waals surface area contributed by atoms with Gasteiger partial charge in [0.15, 0.2) is 5.58 Å².